The molecule has 0 aliphatic heterocycles. The summed E-state index contributed by atoms with van der Waals surface area (Å²) >= 11 is 0. The highest BCUT2D eigenvalue weighted by atomic mass is 16.5. The molecule has 1 atom stereocenters. The first kappa shape index (κ1) is 26.5. The molecule has 0 aliphatic rings. The number of amides is 3. The number of nitrogens with one attached hydrogen (secondary N) is 3. The number of fused-ring (bicyclic) bond motifs is 1. The quantitative estimate of drug-likeness (QED) is 0.262. The van der Waals surface area contributed by atoms with Gasteiger partial charge in [-0.05, 0) is 55.2 Å². The minimum atomic E-state index is -0.800. The summed E-state index contributed by atoms with van der Waals surface area (Å²) in [5, 5.41) is 9.40. The number of carbonyl (C=O) groups is 3. The Morgan fingerprint density at radius 1 is 0.921 bits per heavy atom. The molecule has 8 nitrogen and oxygen atoms in total. The van der Waals surface area contributed by atoms with E-state index < -0.39 is 12.1 Å². The van der Waals surface area contributed by atoms with Gasteiger partial charge in [0.05, 0.1) is 0 Å². The Hall–Kier alpha value is -4.59. The van der Waals surface area contributed by atoms with Crippen LogP contribution in [0.5, 0.6) is 0 Å². The van der Waals surface area contributed by atoms with Crippen LogP contribution in [-0.2, 0) is 23.2 Å². The average molecular weight is 513 g/mol. The molecule has 0 fully saturated rings. The van der Waals surface area contributed by atoms with Crippen molar-refractivity contribution in [3.63, 3.8) is 0 Å². The number of ether oxygens (including phenoxy) is 1. The number of aryl methyl sites for hydroxylation is 2. The lowest BCUT2D eigenvalue weighted by Crippen LogP contribution is -2.44. The Morgan fingerprint density at radius 2 is 1.63 bits per heavy atom. The van der Waals surface area contributed by atoms with Gasteiger partial charge in [0.15, 0.2) is 0 Å². The van der Waals surface area contributed by atoms with E-state index >= 15 is 0 Å². The first-order valence-corrected chi connectivity index (χ1v) is 12.6. The summed E-state index contributed by atoms with van der Waals surface area (Å²) in [5.74, 6) is -0.673. The zero-order valence-corrected chi connectivity index (χ0v) is 21.6. The molecular formula is C30H32N4O4. The molecular weight excluding hydrogens is 480 g/mol. The van der Waals surface area contributed by atoms with Crippen molar-refractivity contribution in [3.8, 4) is 0 Å². The van der Waals surface area contributed by atoms with E-state index in [9.17, 15) is 14.4 Å². The average Bonchev–Trinajstić information content (AvgIpc) is 3.27. The van der Waals surface area contributed by atoms with Crippen LogP contribution in [-0.4, -0.2) is 35.1 Å². The van der Waals surface area contributed by atoms with Crippen LogP contribution in [0.1, 0.15) is 34.5 Å². The van der Waals surface area contributed by atoms with Gasteiger partial charge in [-0.2, -0.15) is 0 Å². The molecule has 0 saturated carbocycles. The second-order valence-electron chi connectivity index (χ2n) is 9.10. The first-order chi connectivity index (χ1) is 18.4. The van der Waals surface area contributed by atoms with Crippen LogP contribution in [0.4, 0.5) is 10.5 Å². The highest BCUT2D eigenvalue weighted by Gasteiger charge is 2.23. The van der Waals surface area contributed by atoms with E-state index in [2.05, 4.69) is 16.0 Å². The van der Waals surface area contributed by atoms with E-state index in [-0.39, 0.29) is 18.4 Å². The van der Waals surface area contributed by atoms with Gasteiger partial charge < -0.3 is 25.3 Å². The summed E-state index contributed by atoms with van der Waals surface area (Å²) in [4.78, 5) is 38.4. The summed E-state index contributed by atoms with van der Waals surface area (Å²) < 4.78 is 7.11. The number of alkyl carbamates (subject to hydrolysis) is 1. The maximum Gasteiger partial charge on any atom is 0.407 e. The minimum Gasteiger partial charge on any atom is -0.445 e. The van der Waals surface area contributed by atoms with Crippen molar-refractivity contribution in [1.29, 1.82) is 0 Å². The molecule has 38 heavy (non-hydrogen) atoms. The lowest BCUT2D eigenvalue weighted by molar-refractivity contribution is -0.118. The van der Waals surface area contributed by atoms with Crippen molar-refractivity contribution < 1.29 is 19.1 Å². The Bertz CT molecular complexity index is 1410. The number of rotatable bonds is 10. The van der Waals surface area contributed by atoms with Gasteiger partial charge in [0, 0.05) is 30.2 Å². The van der Waals surface area contributed by atoms with Crippen molar-refractivity contribution in [2.45, 2.75) is 32.4 Å². The third-order valence-corrected chi connectivity index (χ3v) is 6.41. The van der Waals surface area contributed by atoms with E-state index in [1.165, 1.54) is 0 Å². The zero-order valence-electron chi connectivity index (χ0n) is 21.6. The monoisotopic (exact) mass is 512 g/mol. The Kier molecular flexibility index (Phi) is 8.77. The fourth-order valence-corrected chi connectivity index (χ4v) is 4.22. The van der Waals surface area contributed by atoms with Crippen LogP contribution in [0.25, 0.3) is 10.9 Å². The molecule has 196 valence electrons. The van der Waals surface area contributed by atoms with Crippen molar-refractivity contribution in [3.05, 3.63) is 102 Å². The number of hydrogen-bond acceptors (Lipinski definition) is 4. The van der Waals surface area contributed by atoms with Gasteiger partial charge in [-0.15, -0.1) is 0 Å². The van der Waals surface area contributed by atoms with Crippen LogP contribution in [0.3, 0.4) is 0 Å². The normalized spacial score (nSPS) is 11.5. The molecule has 1 aromatic heterocycles. The van der Waals surface area contributed by atoms with Crippen LogP contribution in [0.15, 0.2) is 84.9 Å². The van der Waals surface area contributed by atoms with E-state index in [1.807, 2.05) is 91.3 Å². The number of nitrogens with zero attached hydrogens (tertiary/aromatic N) is 1. The highest BCUT2D eigenvalue weighted by molar-refractivity contribution is 6.03. The molecule has 3 amide bonds. The fourth-order valence-electron chi connectivity index (χ4n) is 4.22. The van der Waals surface area contributed by atoms with E-state index in [4.69, 9.17) is 4.74 Å². The van der Waals surface area contributed by atoms with Crippen LogP contribution >= 0.6 is 0 Å². The van der Waals surface area contributed by atoms with E-state index in [0.29, 0.717) is 30.8 Å². The minimum absolute atomic E-state index is 0.182. The summed E-state index contributed by atoms with van der Waals surface area (Å²) in [6.07, 6.45) is 0.256. The molecule has 4 rings (SSSR count). The molecule has 0 spiro atoms. The van der Waals surface area contributed by atoms with Gasteiger partial charge in [0.1, 0.15) is 18.3 Å². The smallest absolute Gasteiger partial charge is 0.407 e. The van der Waals surface area contributed by atoms with Gasteiger partial charge in [0.25, 0.3) is 5.91 Å². The third-order valence-electron chi connectivity index (χ3n) is 6.41. The number of hydrogen-bond donors (Lipinski definition) is 3. The SMILES string of the molecule is Cc1ccccc1COC(=O)NCCC[C@H](NC(=O)c1cc2ccccc2n1C)C(=O)Nc1ccccc1. The molecule has 3 N–H and O–H groups in total. The molecule has 0 aliphatic carbocycles. The Balaban J connectivity index is 1.35. The number of benzene rings is 3. The topological polar surface area (TPSA) is 101 Å². The molecule has 4 aromatic rings. The fraction of sp³-hybridized carbons (Fsp3) is 0.233. The van der Waals surface area contributed by atoms with Crippen LogP contribution in [0, 0.1) is 6.92 Å². The highest BCUT2D eigenvalue weighted by Crippen LogP contribution is 2.19. The van der Waals surface area contributed by atoms with Crippen LogP contribution in [0.2, 0.25) is 0 Å². The number of anilines is 1. The maximum absolute atomic E-state index is 13.2. The second-order valence-corrected chi connectivity index (χ2v) is 9.10. The predicted octanol–water partition coefficient (Wildman–Crippen LogP) is 4.93. The van der Waals surface area contributed by atoms with Gasteiger partial charge in [-0.3, -0.25) is 9.59 Å². The molecule has 1 heterocycles. The van der Waals surface area contributed by atoms with E-state index in [1.54, 1.807) is 12.1 Å². The molecule has 0 bridgehead atoms. The second kappa shape index (κ2) is 12.6. The number of aromatic nitrogens is 1. The van der Waals surface area contributed by atoms with Gasteiger partial charge in [-0.25, -0.2) is 4.79 Å². The van der Waals surface area contributed by atoms with E-state index in [0.717, 1.165) is 22.0 Å². The van der Waals surface area contributed by atoms with Crippen LogP contribution < -0.4 is 16.0 Å². The lowest BCUT2D eigenvalue weighted by Gasteiger charge is -2.19. The summed E-state index contributed by atoms with van der Waals surface area (Å²) in [6, 6.07) is 25.5. The first-order valence-electron chi connectivity index (χ1n) is 12.6. The Morgan fingerprint density at radius 3 is 2.39 bits per heavy atom. The third kappa shape index (κ3) is 6.79. The standard InChI is InChI=1S/C30H32N4O4/c1-21-11-6-7-13-23(21)20-38-30(37)31-18-10-16-25(28(35)32-24-14-4-3-5-15-24)33-29(36)27-19-22-12-8-9-17-26(22)34(27)2/h3-9,11-15,17,19,25H,10,16,18,20H2,1-2H3,(H,31,37)(H,32,35)(H,33,36)/t25-/m0/s1. The largest absolute Gasteiger partial charge is 0.445 e. The Labute approximate surface area is 222 Å². The summed E-state index contributed by atoms with van der Waals surface area (Å²) in [5.41, 5.74) is 4.02. The molecule has 3 aromatic carbocycles. The maximum atomic E-state index is 13.2. The molecule has 8 heteroatoms. The van der Waals surface area contributed by atoms with Gasteiger partial charge in [-0.1, -0.05) is 60.7 Å². The molecule has 0 radical (unpaired) electrons. The molecule has 0 unspecified atom stereocenters. The van der Waals surface area contributed by atoms with Crippen molar-refractivity contribution in [1.82, 2.24) is 15.2 Å². The van der Waals surface area contributed by atoms with Crippen molar-refractivity contribution in [2.24, 2.45) is 7.05 Å². The predicted molar refractivity (Wildman–Crippen MR) is 148 cm³/mol. The molecule has 0 saturated heterocycles. The van der Waals surface area contributed by atoms with Crippen molar-refractivity contribution in [2.75, 3.05) is 11.9 Å². The van der Waals surface area contributed by atoms with Gasteiger partial charge >= 0.3 is 6.09 Å². The zero-order chi connectivity index (χ0) is 26.9. The number of para-hydroxylation sites is 2. The number of carbonyl (C=O) groups excluding carboxylic acids is 3. The van der Waals surface area contributed by atoms with Gasteiger partial charge in [0.2, 0.25) is 5.91 Å². The summed E-state index contributed by atoms with van der Waals surface area (Å²) in [6.45, 7) is 2.44. The lowest BCUT2D eigenvalue weighted by atomic mass is 10.1. The summed E-state index contributed by atoms with van der Waals surface area (Å²) in [7, 11) is 1.82. The van der Waals surface area contributed by atoms with Crippen molar-refractivity contribution >= 4 is 34.5 Å².